The van der Waals surface area contributed by atoms with Gasteiger partial charge in [-0.25, -0.2) is 8.42 Å². The van der Waals surface area contributed by atoms with Crippen LogP contribution in [0.15, 0.2) is 48.5 Å². The molecule has 1 amide bonds. The van der Waals surface area contributed by atoms with Gasteiger partial charge in [-0.1, -0.05) is 24.3 Å². The predicted molar refractivity (Wildman–Crippen MR) is 117 cm³/mol. The minimum atomic E-state index is -3.90. The molecule has 31 heavy (non-hydrogen) atoms. The van der Waals surface area contributed by atoms with E-state index in [1.54, 1.807) is 0 Å². The van der Waals surface area contributed by atoms with Crippen molar-refractivity contribution < 1.29 is 22.9 Å². The van der Waals surface area contributed by atoms with E-state index in [9.17, 15) is 23.3 Å². The van der Waals surface area contributed by atoms with Gasteiger partial charge in [0.1, 0.15) is 17.4 Å². The molecular weight excluding hydrogens is 422 g/mol. The molecule has 0 unspecified atom stereocenters. The Hall–Kier alpha value is -3.14. The van der Waals surface area contributed by atoms with E-state index in [4.69, 9.17) is 4.74 Å². The van der Waals surface area contributed by atoms with Crippen LogP contribution in [0.3, 0.4) is 0 Å². The number of hydrogen-bond donors (Lipinski definition) is 1. The standard InChI is InChI=1S/C21H25N3O6S/c1-14(23(31(4,28)29)15-8-7-9-16(12-15)24(26)27)20(25)22-18-13-21(2,3)30-19-11-6-5-10-17(18)19/h5-12,14,18H,13H2,1-4H3,(H,22,25)/t14-,18-/m0/s1. The normalized spacial score (nSPS) is 18.3. The van der Waals surface area contributed by atoms with Crippen LogP contribution in [0.2, 0.25) is 0 Å². The van der Waals surface area contributed by atoms with Gasteiger partial charge in [0.2, 0.25) is 15.9 Å². The maximum Gasteiger partial charge on any atom is 0.271 e. The molecule has 0 saturated carbocycles. The number of para-hydroxylation sites is 1. The van der Waals surface area contributed by atoms with Crippen molar-refractivity contribution in [2.24, 2.45) is 0 Å². The van der Waals surface area contributed by atoms with Gasteiger partial charge in [0, 0.05) is 24.1 Å². The summed E-state index contributed by atoms with van der Waals surface area (Å²) in [5.74, 6) is 0.143. The number of nitrogens with one attached hydrogen (secondary N) is 1. The van der Waals surface area contributed by atoms with Crippen LogP contribution in [0.1, 0.15) is 38.8 Å². The molecule has 0 saturated heterocycles. The number of carbonyl (C=O) groups is 1. The van der Waals surface area contributed by atoms with E-state index < -0.39 is 32.5 Å². The number of sulfonamides is 1. The maximum atomic E-state index is 13.1. The number of non-ortho nitro benzene ring substituents is 1. The Labute approximate surface area is 181 Å². The minimum Gasteiger partial charge on any atom is -0.487 e. The number of ether oxygens (including phenoxy) is 1. The first-order valence-electron chi connectivity index (χ1n) is 9.71. The van der Waals surface area contributed by atoms with Crippen molar-refractivity contribution in [3.05, 3.63) is 64.2 Å². The zero-order valence-corrected chi connectivity index (χ0v) is 18.5. The summed E-state index contributed by atoms with van der Waals surface area (Å²) < 4.78 is 31.9. The first-order valence-corrected chi connectivity index (χ1v) is 11.6. The maximum absolute atomic E-state index is 13.1. The molecule has 166 valence electrons. The van der Waals surface area contributed by atoms with Gasteiger partial charge in [0.05, 0.1) is 22.9 Å². The quantitative estimate of drug-likeness (QED) is 0.537. The second-order valence-electron chi connectivity index (χ2n) is 8.18. The molecule has 0 fully saturated rings. The smallest absolute Gasteiger partial charge is 0.271 e. The van der Waals surface area contributed by atoms with Crippen molar-refractivity contribution in [3.8, 4) is 5.75 Å². The number of nitro groups is 1. The molecule has 2 aromatic rings. The van der Waals surface area contributed by atoms with Gasteiger partial charge in [0.25, 0.3) is 5.69 Å². The van der Waals surface area contributed by atoms with Gasteiger partial charge in [-0.15, -0.1) is 0 Å². The van der Waals surface area contributed by atoms with E-state index in [1.807, 2.05) is 38.1 Å². The Bertz CT molecular complexity index is 1120. The summed E-state index contributed by atoms with van der Waals surface area (Å²) in [5, 5.41) is 14.0. The fourth-order valence-corrected chi connectivity index (χ4v) is 4.94. The number of benzene rings is 2. The number of hydrogen-bond acceptors (Lipinski definition) is 6. The number of amides is 1. The Morgan fingerprint density at radius 3 is 2.58 bits per heavy atom. The molecule has 10 heteroatoms. The Morgan fingerprint density at radius 2 is 1.94 bits per heavy atom. The van der Waals surface area contributed by atoms with Gasteiger partial charge < -0.3 is 10.1 Å². The lowest BCUT2D eigenvalue weighted by atomic mass is 9.89. The zero-order chi connectivity index (χ0) is 23.0. The van der Waals surface area contributed by atoms with Crippen LogP contribution in [-0.4, -0.2) is 37.1 Å². The van der Waals surface area contributed by atoms with E-state index >= 15 is 0 Å². The lowest BCUT2D eigenvalue weighted by Gasteiger charge is -2.38. The van der Waals surface area contributed by atoms with E-state index in [1.165, 1.54) is 25.1 Å². The highest BCUT2D eigenvalue weighted by Gasteiger charge is 2.37. The van der Waals surface area contributed by atoms with Crippen molar-refractivity contribution >= 4 is 27.3 Å². The molecule has 0 radical (unpaired) electrons. The molecule has 2 atom stereocenters. The van der Waals surface area contributed by atoms with Gasteiger partial charge in [-0.05, 0) is 32.9 Å². The van der Waals surface area contributed by atoms with Gasteiger partial charge >= 0.3 is 0 Å². The van der Waals surface area contributed by atoms with E-state index in [0.29, 0.717) is 12.2 Å². The summed E-state index contributed by atoms with van der Waals surface area (Å²) in [7, 11) is -3.90. The number of anilines is 1. The number of nitro benzene ring substituents is 1. The average molecular weight is 448 g/mol. The van der Waals surface area contributed by atoms with Gasteiger partial charge in [0.15, 0.2) is 0 Å². The molecule has 0 bridgehead atoms. The third-order valence-corrected chi connectivity index (χ3v) is 6.32. The van der Waals surface area contributed by atoms with E-state index in [-0.39, 0.29) is 17.4 Å². The summed E-state index contributed by atoms with van der Waals surface area (Å²) in [5.41, 5.74) is 0.0705. The largest absolute Gasteiger partial charge is 0.487 e. The Morgan fingerprint density at radius 1 is 1.26 bits per heavy atom. The third-order valence-electron chi connectivity index (χ3n) is 5.08. The van der Waals surface area contributed by atoms with Crippen LogP contribution in [0, 0.1) is 10.1 Å². The summed E-state index contributed by atoms with van der Waals surface area (Å²) >= 11 is 0. The van der Waals surface area contributed by atoms with Crippen LogP contribution in [0.4, 0.5) is 11.4 Å². The fraction of sp³-hybridized carbons (Fsp3) is 0.381. The second kappa shape index (κ2) is 8.18. The number of rotatable bonds is 6. The van der Waals surface area contributed by atoms with Crippen LogP contribution >= 0.6 is 0 Å². The molecule has 0 aromatic heterocycles. The van der Waals surface area contributed by atoms with Crippen molar-refractivity contribution in [2.45, 2.75) is 44.9 Å². The van der Waals surface area contributed by atoms with E-state index in [2.05, 4.69) is 5.32 Å². The van der Waals surface area contributed by atoms with Crippen LogP contribution in [-0.2, 0) is 14.8 Å². The third kappa shape index (κ3) is 4.96. The van der Waals surface area contributed by atoms with Crippen LogP contribution in [0.25, 0.3) is 0 Å². The highest BCUT2D eigenvalue weighted by atomic mass is 32.2. The molecular formula is C21H25N3O6S. The summed E-state index contributed by atoms with van der Waals surface area (Å²) in [4.78, 5) is 23.6. The van der Waals surface area contributed by atoms with E-state index in [0.717, 1.165) is 22.2 Å². The van der Waals surface area contributed by atoms with Gasteiger partial charge in [-0.2, -0.15) is 0 Å². The lowest BCUT2D eigenvalue weighted by Crippen LogP contribution is -2.50. The highest BCUT2D eigenvalue weighted by molar-refractivity contribution is 7.92. The monoisotopic (exact) mass is 447 g/mol. The molecule has 1 aliphatic rings. The lowest BCUT2D eigenvalue weighted by molar-refractivity contribution is -0.384. The van der Waals surface area contributed by atoms with Crippen LogP contribution in [0.5, 0.6) is 5.75 Å². The first-order chi connectivity index (χ1) is 14.4. The molecule has 1 aliphatic heterocycles. The number of nitrogens with zero attached hydrogens (tertiary/aromatic N) is 2. The zero-order valence-electron chi connectivity index (χ0n) is 17.7. The second-order valence-corrected chi connectivity index (χ2v) is 10.0. The number of carbonyl (C=O) groups excluding carboxylic acids is 1. The molecule has 1 heterocycles. The average Bonchev–Trinajstić information content (AvgIpc) is 2.66. The molecule has 3 rings (SSSR count). The Kier molecular flexibility index (Phi) is 5.95. The fourth-order valence-electron chi connectivity index (χ4n) is 3.78. The summed E-state index contributed by atoms with van der Waals surface area (Å²) in [6.45, 7) is 5.28. The predicted octanol–water partition coefficient (Wildman–Crippen LogP) is 3.17. The molecule has 2 aromatic carbocycles. The molecule has 0 spiro atoms. The number of fused-ring (bicyclic) bond motifs is 1. The first kappa shape index (κ1) is 22.5. The Balaban J connectivity index is 1.91. The van der Waals surface area contributed by atoms with Crippen molar-refractivity contribution in [2.75, 3.05) is 10.6 Å². The summed E-state index contributed by atoms with van der Waals surface area (Å²) in [6, 6.07) is 11.1. The SMILES string of the molecule is C[C@@H](C(=O)N[C@H]1CC(C)(C)Oc2ccccc21)N(c1cccc([N+](=O)[O-])c1)S(C)(=O)=O. The van der Waals surface area contributed by atoms with Crippen LogP contribution < -0.4 is 14.4 Å². The van der Waals surface area contributed by atoms with Crippen molar-refractivity contribution in [1.82, 2.24) is 5.32 Å². The molecule has 1 N–H and O–H groups in total. The minimum absolute atomic E-state index is 0.0482. The topological polar surface area (TPSA) is 119 Å². The van der Waals surface area contributed by atoms with Crippen molar-refractivity contribution in [1.29, 1.82) is 0 Å². The molecule has 0 aliphatic carbocycles. The summed E-state index contributed by atoms with van der Waals surface area (Å²) in [6.07, 6.45) is 1.46. The van der Waals surface area contributed by atoms with Crippen molar-refractivity contribution in [3.63, 3.8) is 0 Å². The van der Waals surface area contributed by atoms with Gasteiger partial charge in [-0.3, -0.25) is 19.2 Å². The highest BCUT2D eigenvalue weighted by Crippen LogP contribution is 2.39. The molecule has 9 nitrogen and oxygen atoms in total.